The van der Waals surface area contributed by atoms with E-state index in [0.717, 1.165) is 5.56 Å². The molecular weight excluding hydrogens is 204 g/mol. The highest BCUT2D eigenvalue weighted by Gasteiger charge is 2.04. The molecule has 0 bridgehead atoms. The number of nitrogens with two attached hydrogens (primary N) is 1. The fourth-order valence-electron chi connectivity index (χ4n) is 0.908. The summed E-state index contributed by atoms with van der Waals surface area (Å²) in [6.45, 7) is 1.78. The van der Waals surface area contributed by atoms with Gasteiger partial charge in [-0.05, 0) is 24.6 Å². The Bertz CT molecular complexity index is 342. The Morgan fingerprint density at radius 3 is 2.93 bits per heavy atom. The Morgan fingerprint density at radius 1 is 1.64 bits per heavy atom. The Balaban J connectivity index is 2.63. The molecular formula is C9H11ClN2O2. The number of benzene rings is 1. The molecule has 5 heteroatoms. The predicted molar refractivity (Wildman–Crippen MR) is 54.0 cm³/mol. The summed E-state index contributed by atoms with van der Waals surface area (Å²) in [5.74, 6) is 4.96. The first-order valence-corrected chi connectivity index (χ1v) is 4.39. The largest absolute Gasteiger partial charge is 0.482 e. The van der Waals surface area contributed by atoms with Gasteiger partial charge in [-0.25, -0.2) is 5.84 Å². The van der Waals surface area contributed by atoms with Crippen LogP contribution in [0.15, 0.2) is 18.2 Å². The predicted octanol–water partition coefficient (Wildman–Crippen LogP) is 1.02. The van der Waals surface area contributed by atoms with Gasteiger partial charge in [0.2, 0.25) is 0 Å². The van der Waals surface area contributed by atoms with E-state index in [9.17, 15) is 4.79 Å². The molecule has 0 aliphatic carbocycles. The number of amides is 1. The number of carbonyl (C=O) groups is 1. The van der Waals surface area contributed by atoms with Gasteiger partial charge in [-0.15, -0.1) is 0 Å². The zero-order chi connectivity index (χ0) is 10.6. The van der Waals surface area contributed by atoms with Gasteiger partial charge in [-0.1, -0.05) is 17.7 Å². The average molecular weight is 215 g/mol. The Hall–Kier alpha value is -1.26. The lowest BCUT2D eigenvalue weighted by Crippen LogP contribution is -2.34. The number of hydrazine groups is 1. The van der Waals surface area contributed by atoms with E-state index in [0.29, 0.717) is 10.8 Å². The highest BCUT2D eigenvalue weighted by molar-refractivity contribution is 6.32. The van der Waals surface area contributed by atoms with Crippen LogP contribution in [0.25, 0.3) is 0 Å². The van der Waals surface area contributed by atoms with Crippen LogP contribution in [0.3, 0.4) is 0 Å². The van der Waals surface area contributed by atoms with Crippen LogP contribution >= 0.6 is 11.6 Å². The molecule has 0 saturated heterocycles. The third kappa shape index (κ3) is 2.90. The van der Waals surface area contributed by atoms with Gasteiger partial charge >= 0.3 is 0 Å². The molecule has 0 spiro atoms. The Labute approximate surface area is 87.0 Å². The number of hydrogen-bond acceptors (Lipinski definition) is 3. The van der Waals surface area contributed by atoms with Gasteiger partial charge < -0.3 is 4.74 Å². The van der Waals surface area contributed by atoms with Crippen LogP contribution in [0.4, 0.5) is 0 Å². The topological polar surface area (TPSA) is 64.3 Å². The molecule has 76 valence electrons. The lowest BCUT2D eigenvalue weighted by molar-refractivity contribution is -0.123. The summed E-state index contributed by atoms with van der Waals surface area (Å²) in [6.07, 6.45) is 0. The minimum Gasteiger partial charge on any atom is -0.482 e. The second-order valence-corrected chi connectivity index (χ2v) is 3.20. The molecule has 0 aliphatic heterocycles. The fraction of sp³-hybridized carbons (Fsp3) is 0.222. The van der Waals surface area contributed by atoms with Crippen LogP contribution in [-0.4, -0.2) is 12.5 Å². The summed E-state index contributed by atoms with van der Waals surface area (Å²) < 4.78 is 5.12. The summed E-state index contributed by atoms with van der Waals surface area (Å²) in [4.78, 5) is 10.8. The highest BCUT2D eigenvalue weighted by Crippen LogP contribution is 2.24. The first kappa shape index (κ1) is 10.8. The maximum atomic E-state index is 10.8. The third-order valence-electron chi connectivity index (χ3n) is 1.61. The van der Waals surface area contributed by atoms with Gasteiger partial charge in [0, 0.05) is 0 Å². The minimum atomic E-state index is -0.401. The van der Waals surface area contributed by atoms with Crippen LogP contribution in [0.1, 0.15) is 5.56 Å². The van der Waals surface area contributed by atoms with Crippen molar-refractivity contribution in [3.05, 3.63) is 28.8 Å². The number of hydrogen-bond donors (Lipinski definition) is 2. The molecule has 1 aromatic carbocycles. The van der Waals surface area contributed by atoms with Crippen molar-refractivity contribution in [2.75, 3.05) is 6.61 Å². The van der Waals surface area contributed by atoms with E-state index in [1.165, 1.54) is 0 Å². The molecule has 0 heterocycles. The van der Waals surface area contributed by atoms with Crippen molar-refractivity contribution in [3.63, 3.8) is 0 Å². The maximum absolute atomic E-state index is 10.8. The molecule has 14 heavy (non-hydrogen) atoms. The van der Waals surface area contributed by atoms with Gasteiger partial charge in [0.25, 0.3) is 5.91 Å². The van der Waals surface area contributed by atoms with E-state index in [4.69, 9.17) is 22.2 Å². The van der Waals surface area contributed by atoms with Gasteiger partial charge in [0.1, 0.15) is 5.75 Å². The van der Waals surface area contributed by atoms with Crippen molar-refractivity contribution in [2.24, 2.45) is 5.84 Å². The van der Waals surface area contributed by atoms with E-state index < -0.39 is 5.91 Å². The quantitative estimate of drug-likeness (QED) is 0.449. The van der Waals surface area contributed by atoms with Gasteiger partial charge in [-0.2, -0.15) is 0 Å². The molecule has 1 aromatic rings. The SMILES string of the molecule is Cc1ccc(OCC(=O)NN)c(Cl)c1. The average Bonchev–Trinajstić information content (AvgIpc) is 2.16. The Morgan fingerprint density at radius 2 is 2.36 bits per heavy atom. The van der Waals surface area contributed by atoms with Gasteiger partial charge in [0.15, 0.2) is 6.61 Å². The first-order valence-electron chi connectivity index (χ1n) is 4.02. The molecule has 3 N–H and O–H groups in total. The van der Waals surface area contributed by atoms with Crippen LogP contribution < -0.4 is 16.0 Å². The lowest BCUT2D eigenvalue weighted by Gasteiger charge is -2.07. The van der Waals surface area contributed by atoms with Crippen molar-refractivity contribution in [3.8, 4) is 5.75 Å². The molecule has 0 atom stereocenters. The summed E-state index contributed by atoms with van der Waals surface area (Å²) >= 11 is 5.87. The normalized spacial score (nSPS) is 9.64. The molecule has 1 rings (SSSR count). The first-order chi connectivity index (χ1) is 6.63. The lowest BCUT2D eigenvalue weighted by atomic mass is 10.2. The van der Waals surface area contributed by atoms with Crippen LogP contribution in [0, 0.1) is 6.92 Å². The van der Waals surface area contributed by atoms with Gasteiger partial charge in [0.05, 0.1) is 5.02 Å². The standard InChI is InChI=1S/C9H11ClN2O2/c1-6-2-3-8(7(10)4-6)14-5-9(13)12-11/h2-4H,5,11H2,1H3,(H,12,13). The summed E-state index contributed by atoms with van der Waals surface area (Å²) in [7, 11) is 0. The van der Waals surface area contributed by atoms with E-state index in [1.54, 1.807) is 12.1 Å². The number of halogens is 1. The van der Waals surface area contributed by atoms with Gasteiger partial charge in [-0.3, -0.25) is 10.2 Å². The smallest absolute Gasteiger partial charge is 0.271 e. The third-order valence-corrected chi connectivity index (χ3v) is 1.90. The summed E-state index contributed by atoms with van der Waals surface area (Å²) in [6, 6.07) is 5.32. The number of carbonyl (C=O) groups excluding carboxylic acids is 1. The monoisotopic (exact) mass is 214 g/mol. The van der Waals surface area contributed by atoms with E-state index >= 15 is 0 Å². The number of rotatable bonds is 3. The summed E-state index contributed by atoms with van der Waals surface area (Å²) in [5.41, 5.74) is 2.99. The van der Waals surface area contributed by atoms with Crippen molar-refractivity contribution >= 4 is 17.5 Å². The molecule has 0 aromatic heterocycles. The molecule has 0 aliphatic rings. The second-order valence-electron chi connectivity index (χ2n) is 2.79. The zero-order valence-electron chi connectivity index (χ0n) is 7.71. The Kier molecular flexibility index (Phi) is 3.73. The number of aryl methyl sites for hydroxylation is 1. The second kappa shape index (κ2) is 4.83. The van der Waals surface area contributed by atoms with Crippen molar-refractivity contribution < 1.29 is 9.53 Å². The van der Waals surface area contributed by atoms with E-state index in [2.05, 4.69) is 0 Å². The van der Waals surface area contributed by atoms with Crippen molar-refractivity contribution in [2.45, 2.75) is 6.92 Å². The van der Waals surface area contributed by atoms with Crippen molar-refractivity contribution in [1.82, 2.24) is 5.43 Å². The minimum absolute atomic E-state index is 0.140. The van der Waals surface area contributed by atoms with Crippen molar-refractivity contribution in [1.29, 1.82) is 0 Å². The molecule has 0 unspecified atom stereocenters. The van der Waals surface area contributed by atoms with Crippen LogP contribution in [-0.2, 0) is 4.79 Å². The number of nitrogens with one attached hydrogen (secondary N) is 1. The summed E-state index contributed by atoms with van der Waals surface area (Å²) in [5, 5.41) is 0.481. The maximum Gasteiger partial charge on any atom is 0.271 e. The molecule has 1 amide bonds. The number of ether oxygens (including phenoxy) is 1. The molecule has 0 saturated carbocycles. The molecule has 0 fully saturated rings. The van der Waals surface area contributed by atoms with Crippen LogP contribution in [0.2, 0.25) is 5.02 Å². The molecule has 0 radical (unpaired) electrons. The van der Waals surface area contributed by atoms with E-state index in [1.807, 2.05) is 18.4 Å². The zero-order valence-corrected chi connectivity index (χ0v) is 8.47. The van der Waals surface area contributed by atoms with Crippen LogP contribution in [0.5, 0.6) is 5.75 Å². The van der Waals surface area contributed by atoms with E-state index in [-0.39, 0.29) is 6.61 Å². The fourth-order valence-corrected chi connectivity index (χ4v) is 1.20. The highest BCUT2D eigenvalue weighted by atomic mass is 35.5. The molecule has 4 nitrogen and oxygen atoms in total.